The third kappa shape index (κ3) is 3.51. The van der Waals surface area contributed by atoms with Gasteiger partial charge in [0.05, 0.1) is 17.8 Å². The topological polar surface area (TPSA) is 70.2 Å². The Morgan fingerprint density at radius 3 is 2.42 bits per heavy atom. The van der Waals surface area contributed by atoms with Crippen LogP contribution < -0.4 is 16.0 Å². The summed E-state index contributed by atoms with van der Waals surface area (Å²) < 4.78 is 0. The summed E-state index contributed by atoms with van der Waals surface area (Å²) in [5.41, 5.74) is 4.46. The number of anilines is 3. The molecule has 0 fully saturated rings. The van der Waals surface area contributed by atoms with Crippen LogP contribution in [0.25, 0.3) is 0 Å². The maximum absolute atomic E-state index is 12.2. The molecule has 0 aromatic heterocycles. The Bertz CT molecular complexity index is 803. The van der Waals surface area contributed by atoms with E-state index >= 15 is 0 Å². The lowest BCUT2D eigenvalue weighted by atomic mass is 10.0. The third-order valence-corrected chi connectivity index (χ3v) is 4.31. The molecule has 3 N–H and O–H groups in total. The largest absolute Gasteiger partial charge is 0.372 e. The van der Waals surface area contributed by atoms with E-state index in [4.69, 9.17) is 11.6 Å². The SMILES string of the molecule is Cc1cc2c(cc1C)N[C@@H](CC(=O)Nc1ccc(Cl)cc1)C(=O)N2. The number of hydrogen-bond acceptors (Lipinski definition) is 3. The van der Waals surface area contributed by atoms with Crippen LogP contribution in [0, 0.1) is 13.8 Å². The van der Waals surface area contributed by atoms with Crippen molar-refractivity contribution in [1.82, 2.24) is 0 Å². The van der Waals surface area contributed by atoms with E-state index in [0.29, 0.717) is 10.7 Å². The van der Waals surface area contributed by atoms with Crippen LogP contribution >= 0.6 is 11.6 Å². The van der Waals surface area contributed by atoms with Crippen LogP contribution in [-0.2, 0) is 9.59 Å². The zero-order chi connectivity index (χ0) is 17.3. The van der Waals surface area contributed by atoms with Gasteiger partial charge in [0.15, 0.2) is 0 Å². The zero-order valence-electron chi connectivity index (χ0n) is 13.4. The molecule has 0 bridgehead atoms. The van der Waals surface area contributed by atoms with Crippen molar-refractivity contribution in [3.8, 4) is 0 Å². The van der Waals surface area contributed by atoms with E-state index < -0.39 is 6.04 Å². The summed E-state index contributed by atoms with van der Waals surface area (Å²) >= 11 is 5.82. The van der Waals surface area contributed by atoms with Crippen molar-refractivity contribution in [2.24, 2.45) is 0 Å². The molecule has 1 atom stereocenters. The molecule has 0 unspecified atom stereocenters. The molecule has 1 heterocycles. The van der Waals surface area contributed by atoms with Gasteiger partial charge in [-0.2, -0.15) is 0 Å². The van der Waals surface area contributed by atoms with Crippen LogP contribution in [0.1, 0.15) is 17.5 Å². The highest BCUT2D eigenvalue weighted by Crippen LogP contribution is 2.30. The van der Waals surface area contributed by atoms with Gasteiger partial charge in [0.2, 0.25) is 11.8 Å². The highest BCUT2D eigenvalue weighted by molar-refractivity contribution is 6.30. The summed E-state index contributed by atoms with van der Waals surface area (Å²) in [7, 11) is 0. The Kier molecular flexibility index (Phi) is 4.44. The normalized spacial score (nSPS) is 16.0. The second-order valence-corrected chi connectivity index (χ2v) is 6.36. The standard InChI is InChI=1S/C18H18ClN3O2/c1-10-7-14-15(8-11(10)2)22-18(24)16(21-14)9-17(23)20-13-5-3-12(19)4-6-13/h3-8,16,21H,9H2,1-2H3,(H,20,23)(H,22,24)/t16-/m0/s1. The average molecular weight is 344 g/mol. The van der Waals surface area contributed by atoms with Crippen molar-refractivity contribution >= 4 is 40.5 Å². The Morgan fingerprint density at radius 1 is 1.12 bits per heavy atom. The quantitative estimate of drug-likeness (QED) is 0.795. The maximum atomic E-state index is 12.2. The molecule has 5 nitrogen and oxygen atoms in total. The zero-order valence-corrected chi connectivity index (χ0v) is 14.2. The summed E-state index contributed by atoms with van der Waals surface area (Å²) in [6.45, 7) is 4.00. The minimum absolute atomic E-state index is 0.0425. The predicted molar refractivity (Wildman–Crippen MR) is 96.7 cm³/mol. The molecule has 24 heavy (non-hydrogen) atoms. The number of halogens is 1. The second kappa shape index (κ2) is 6.53. The van der Waals surface area contributed by atoms with Gasteiger partial charge in [-0.15, -0.1) is 0 Å². The molecule has 0 spiro atoms. The summed E-state index contributed by atoms with van der Waals surface area (Å²) in [4.78, 5) is 24.4. The summed E-state index contributed by atoms with van der Waals surface area (Å²) in [6, 6.07) is 10.1. The van der Waals surface area contributed by atoms with E-state index in [9.17, 15) is 9.59 Å². The van der Waals surface area contributed by atoms with Crippen molar-refractivity contribution in [3.05, 3.63) is 52.5 Å². The van der Waals surface area contributed by atoms with Gasteiger partial charge in [0.1, 0.15) is 6.04 Å². The summed E-state index contributed by atoms with van der Waals surface area (Å²) in [6.07, 6.45) is 0.0425. The van der Waals surface area contributed by atoms with Crippen LogP contribution in [0.2, 0.25) is 5.02 Å². The van der Waals surface area contributed by atoms with E-state index in [1.54, 1.807) is 24.3 Å². The molecule has 2 aromatic carbocycles. The molecule has 0 radical (unpaired) electrons. The van der Waals surface area contributed by atoms with Gasteiger partial charge >= 0.3 is 0 Å². The molecule has 0 saturated carbocycles. The Hall–Kier alpha value is -2.53. The highest BCUT2D eigenvalue weighted by Gasteiger charge is 2.27. The van der Waals surface area contributed by atoms with Crippen molar-refractivity contribution in [2.75, 3.05) is 16.0 Å². The molecular formula is C18H18ClN3O2. The summed E-state index contributed by atoms with van der Waals surface area (Å²) in [5.74, 6) is -0.450. The number of carbonyl (C=O) groups excluding carboxylic acids is 2. The van der Waals surface area contributed by atoms with Crippen molar-refractivity contribution < 1.29 is 9.59 Å². The molecule has 0 aliphatic carbocycles. The first-order valence-corrected chi connectivity index (χ1v) is 8.04. The Balaban J connectivity index is 1.68. The molecule has 1 aliphatic rings. The van der Waals surface area contributed by atoms with Crippen LogP contribution in [0.5, 0.6) is 0 Å². The lowest BCUT2D eigenvalue weighted by molar-refractivity contribution is -0.122. The first kappa shape index (κ1) is 16.3. The number of fused-ring (bicyclic) bond motifs is 1. The van der Waals surface area contributed by atoms with Crippen LogP contribution in [0.3, 0.4) is 0 Å². The molecule has 2 amide bonds. The van der Waals surface area contributed by atoms with Gasteiger partial charge in [-0.3, -0.25) is 9.59 Å². The fraction of sp³-hybridized carbons (Fsp3) is 0.222. The number of amides is 2. The predicted octanol–water partition coefficient (Wildman–Crippen LogP) is 3.72. The Labute approximate surface area is 145 Å². The highest BCUT2D eigenvalue weighted by atomic mass is 35.5. The number of aryl methyl sites for hydroxylation is 2. The van der Waals surface area contributed by atoms with Crippen LogP contribution in [0.15, 0.2) is 36.4 Å². The average Bonchev–Trinajstić information content (AvgIpc) is 2.52. The van der Waals surface area contributed by atoms with Gasteiger partial charge in [0.25, 0.3) is 0 Å². The molecule has 124 valence electrons. The van der Waals surface area contributed by atoms with E-state index in [0.717, 1.165) is 22.5 Å². The number of benzene rings is 2. The van der Waals surface area contributed by atoms with Crippen molar-refractivity contribution in [2.45, 2.75) is 26.3 Å². The number of nitrogens with one attached hydrogen (secondary N) is 3. The smallest absolute Gasteiger partial charge is 0.247 e. The van der Waals surface area contributed by atoms with Gasteiger partial charge in [-0.1, -0.05) is 11.6 Å². The van der Waals surface area contributed by atoms with Crippen LogP contribution in [0.4, 0.5) is 17.1 Å². The van der Waals surface area contributed by atoms with Gasteiger partial charge < -0.3 is 16.0 Å². The number of hydrogen-bond donors (Lipinski definition) is 3. The molecule has 6 heteroatoms. The molecule has 0 saturated heterocycles. The second-order valence-electron chi connectivity index (χ2n) is 5.93. The van der Waals surface area contributed by atoms with Crippen molar-refractivity contribution in [1.29, 1.82) is 0 Å². The number of carbonyl (C=O) groups is 2. The molecule has 3 rings (SSSR count). The molecule has 2 aromatic rings. The van der Waals surface area contributed by atoms with E-state index in [1.165, 1.54) is 0 Å². The first-order valence-electron chi connectivity index (χ1n) is 7.66. The molecular weight excluding hydrogens is 326 g/mol. The fourth-order valence-corrected chi connectivity index (χ4v) is 2.71. The third-order valence-electron chi connectivity index (χ3n) is 4.06. The Morgan fingerprint density at radius 2 is 1.75 bits per heavy atom. The number of rotatable bonds is 3. The van der Waals surface area contributed by atoms with E-state index in [2.05, 4.69) is 16.0 Å². The van der Waals surface area contributed by atoms with Crippen molar-refractivity contribution in [3.63, 3.8) is 0 Å². The lowest BCUT2D eigenvalue weighted by Gasteiger charge is -2.27. The first-order chi connectivity index (χ1) is 11.4. The minimum Gasteiger partial charge on any atom is -0.372 e. The summed E-state index contributed by atoms with van der Waals surface area (Å²) in [5, 5.41) is 9.37. The minimum atomic E-state index is -0.605. The monoisotopic (exact) mass is 343 g/mol. The molecule has 1 aliphatic heterocycles. The van der Waals surface area contributed by atoms with Gasteiger partial charge in [0, 0.05) is 10.7 Å². The lowest BCUT2D eigenvalue weighted by Crippen LogP contribution is -2.41. The van der Waals surface area contributed by atoms with E-state index in [-0.39, 0.29) is 18.2 Å². The van der Waals surface area contributed by atoms with Gasteiger partial charge in [-0.25, -0.2) is 0 Å². The fourth-order valence-electron chi connectivity index (χ4n) is 2.59. The van der Waals surface area contributed by atoms with E-state index in [1.807, 2.05) is 26.0 Å². The van der Waals surface area contributed by atoms with Crippen LogP contribution in [-0.4, -0.2) is 17.9 Å². The maximum Gasteiger partial charge on any atom is 0.247 e. The van der Waals surface area contributed by atoms with Gasteiger partial charge in [-0.05, 0) is 61.4 Å².